The van der Waals surface area contributed by atoms with E-state index in [4.69, 9.17) is 13.9 Å². The fourth-order valence-electron chi connectivity index (χ4n) is 2.76. The Bertz CT molecular complexity index is 448. The van der Waals surface area contributed by atoms with E-state index in [-0.39, 0.29) is 17.3 Å². The highest BCUT2D eigenvalue weighted by Crippen LogP contribution is 2.37. The molecule has 2 unspecified atom stereocenters. The van der Waals surface area contributed by atoms with Crippen LogP contribution in [0.2, 0.25) is 0 Å². The van der Waals surface area contributed by atoms with Crippen molar-refractivity contribution in [1.82, 2.24) is 0 Å². The van der Waals surface area contributed by atoms with Gasteiger partial charge in [0.05, 0.1) is 12.2 Å². The van der Waals surface area contributed by atoms with E-state index in [0.29, 0.717) is 23.6 Å². The van der Waals surface area contributed by atoms with Gasteiger partial charge in [-0.2, -0.15) is 0 Å². The average Bonchev–Trinajstić information content (AvgIpc) is 2.98. The van der Waals surface area contributed by atoms with E-state index in [1.54, 1.807) is 12.1 Å². The van der Waals surface area contributed by atoms with Gasteiger partial charge in [0.1, 0.15) is 0 Å². The first-order chi connectivity index (χ1) is 8.69. The van der Waals surface area contributed by atoms with Crippen molar-refractivity contribution >= 4 is 21.7 Å². The third kappa shape index (κ3) is 2.27. The molecule has 3 heterocycles. The Morgan fingerprint density at radius 2 is 2.28 bits per heavy atom. The number of ketones is 1. The average molecular weight is 315 g/mol. The van der Waals surface area contributed by atoms with Crippen molar-refractivity contribution in [3.8, 4) is 0 Å². The second-order valence-electron chi connectivity index (χ2n) is 4.99. The number of furan rings is 1. The third-order valence-electron chi connectivity index (χ3n) is 3.75. The molecule has 1 aromatic heterocycles. The minimum atomic E-state index is -0.234. The molecule has 2 aliphatic rings. The van der Waals surface area contributed by atoms with E-state index in [1.807, 2.05) is 0 Å². The van der Waals surface area contributed by atoms with Crippen molar-refractivity contribution in [2.75, 3.05) is 19.8 Å². The lowest BCUT2D eigenvalue weighted by atomic mass is 9.82. The Hall–Kier alpha value is -0.650. The van der Waals surface area contributed by atoms with Crippen molar-refractivity contribution in [3.63, 3.8) is 0 Å². The second kappa shape index (κ2) is 4.79. The molecule has 1 spiro atoms. The van der Waals surface area contributed by atoms with Crippen LogP contribution in [0.3, 0.4) is 0 Å². The SMILES string of the molecule is O=C(c1ccc(Br)o1)C1CCOC2(CCOC2)C1. The van der Waals surface area contributed by atoms with Gasteiger partial charge in [0.25, 0.3) is 0 Å². The number of carbonyl (C=O) groups excluding carboxylic acids is 1. The fraction of sp³-hybridized carbons (Fsp3) is 0.615. The maximum absolute atomic E-state index is 12.3. The number of halogens is 1. The zero-order valence-corrected chi connectivity index (χ0v) is 11.6. The maximum Gasteiger partial charge on any atom is 0.201 e. The largest absolute Gasteiger partial charge is 0.446 e. The number of Topliss-reactive ketones (excluding diaryl/α,β-unsaturated/α-hetero) is 1. The normalized spacial score (nSPS) is 31.9. The topological polar surface area (TPSA) is 48.7 Å². The van der Waals surface area contributed by atoms with Gasteiger partial charge in [-0.25, -0.2) is 0 Å². The van der Waals surface area contributed by atoms with Gasteiger partial charge in [0.2, 0.25) is 5.78 Å². The van der Waals surface area contributed by atoms with Gasteiger partial charge in [-0.05, 0) is 40.9 Å². The van der Waals surface area contributed by atoms with Crippen LogP contribution < -0.4 is 0 Å². The first-order valence-corrected chi connectivity index (χ1v) is 6.99. The van der Waals surface area contributed by atoms with Crippen molar-refractivity contribution in [2.45, 2.75) is 24.9 Å². The fourth-order valence-corrected chi connectivity index (χ4v) is 3.07. The summed E-state index contributed by atoms with van der Waals surface area (Å²) in [4.78, 5) is 12.3. The predicted molar refractivity (Wildman–Crippen MR) is 67.6 cm³/mol. The number of hydrogen-bond acceptors (Lipinski definition) is 4. The lowest BCUT2D eigenvalue weighted by Gasteiger charge is -2.36. The zero-order chi connectivity index (χ0) is 12.6. The summed E-state index contributed by atoms with van der Waals surface area (Å²) >= 11 is 3.22. The summed E-state index contributed by atoms with van der Waals surface area (Å²) in [6, 6.07) is 3.47. The van der Waals surface area contributed by atoms with Gasteiger partial charge in [0, 0.05) is 25.6 Å². The molecule has 0 N–H and O–H groups in total. The first-order valence-electron chi connectivity index (χ1n) is 6.20. The standard InChI is InChI=1S/C13H15BrO4/c14-11-2-1-10(18-11)12(15)9-3-5-17-13(7-9)4-6-16-8-13/h1-2,9H,3-8H2. The van der Waals surface area contributed by atoms with Crippen LogP contribution in [0.4, 0.5) is 0 Å². The van der Waals surface area contributed by atoms with Gasteiger partial charge >= 0.3 is 0 Å². The highest BCUT2D eigenvalue weighted by molar-refractivity contribution is 9.10. The highest BCUT2D eigenvalue weighted by atomic mass is 79.9. The molecule has 18 heavy (non-hydrogen) atoms. The van der Waals surface area contributed by atoms with Crippen LogP contribution >= 0.6 is 15.9 Å². The molecule has 2 atom stereocenters. The summed E-state index contributed by atoms with van der Waals surface area (Å²) in [5.41, 5.74) is -0.234. The van der Waals surface area contributed by atoms with E-state index >= 15 is 0 Å². The number of ether oxygens (including phenoxy) is 2. The molecular formula is C13H15BrO4. The van der Waals surface area contributed by atoms with Crippen LogP contribution in [0.5, 0.6) is 0 Å². The minimum absolute atomic E-state index is 0.0153. The van der Waals surface area contributed by atoms with E-state index in [2.05, 4.69) is 15.9 Å². The van der Waals surface area contributed by atoms with Crippen LogP contribution in [-0.2, 0) is 9.47 Å². The zero-order valence-electron chi connectivity index (χ0n) is 9.99. The molecule has 0 bridgehead atoms. The predicted octanol–water partition coefficient (Wildman–Crippen LogP) is 2.81. The van der Waals surface area contributed by atoms with E-state index in [1.165, 1.54) is 0 Å². The summed E-state index contributed by atoms with van der Waals surface area (Å²) in [6.45, 7) is 1.97. The molecule has 3 rings (SSSR count). The molecule has 0 aliphatic carbocycles. The maximum atomic E-state index is 12.3. The Morgan fingerprint density at radius 1 is 1.39 bits per heavy atom. The highest BCUT2D eigenvalue weighted by Gasteiger charge is 2.43. The van der Waals surface area contributed by atoms with Crippen molar-refractivity contribution in [2.24, 2.45) is 5.92 Å². The lowest BCUT2D eigenvalue weighted by molar-refractivity contribution is -0.0922. The lowest BCUT2D eigenvalue weighted by Crippen LogP contribution is -2.42. The van der Waals surface area contributed by atoms with Crippen LogP contribution in [0.25, 0.3) is 0 Å². The molecule has 1 aromatic rings. The van der Waals surface area contributed by atoms with E-state index < -0.39 is 0 Å². The molecule has 0 aromatic carbocycles. The Balaban J connectivity index is 1.74. The Kier molecular flexibility index (Phi) is 3.30. The van der Waals surface area contributed by atoms with E-state index in [9.17, 15) is 4.79 Å². The van der Waals surface area contributed by atoms with Gasteiger partial charge in [-0.15, -0.1) is 0 Å². The van der Waals surface area contributed by atoms with Crippen LogP contribution in [0.1, 0.15) is 29.8 Å². The Labute approximate surface area is 114 Å². The van der Waals surface area contributed by atoms with Gasteiger partial charge in [-0.3, -0.25) is 4.79 Å². The molecule has 2 fully saturated rings. The van der Waals surface area contributed by atoms with Crippen LogP contribution in [-0.4, -0.2) is 31.2 Å². The minimum Gasteiger partial charge on any atom is -0.446 e. The summed E-state index contributed by atoms with van der Waals surface area (Å²) < 4.78 is 17.2. The summed E-state index contributed by atoms with van der Waals surface area (Å²) in [5, 5.41) is 0. The van der Waals surface area contributed by atoms with Crippen molar-refractivity contribution < 1.29 is 18.7 Å². The van der Waals surface area contributed by atoms with Gasteiger partial charge in [-0.1, -0.05) is 0 Å². The molecule has 5 heteroatoms. The summed E-state index contributed by atoms with van der Waals surface area (Å²) in [6.07, 6.45) is 2.39. The first kappa shape index (κ1) is 12.4. The van der Waals surface area contributed by atoms with Gasteiger partial charge < -0.3 is 13.9 Å². The quantitative estimate of drug-likeness (QED) is 0.788. The number of rotatable bonds is 2. The summed E-state index contributed by atoms with van der Waals surface area (Å²) in [5.74, 6) is 0.497. The molecule has 0 saturated carbocycles. The monoisotopic (exact) mass is 314 g/mol. The number of hydrogen-bond donors (Lipinski definition) is 0. The molecule has 98 valence electrons. The molecule has 2 saturated heterocycles. The molecule has 0 amide bonds. The third-order valence-corrected chi connectivity index (χ3v) is 4.17. The molecule has 4 nitrogen and oxygen atoms in total. The van der Waals surface area contributed by atoms with Crippen molar-refractivity contribution in [1.29, 1.82) is 0 Å². The summed E-state index contributed by atoms with van der Waals surface area (Å²) in [7, 11) is 0. The molecule has 2 aliphatic heterocycles. The smallest absolute Gasteiger partial charge is 0.201 e. The van der Waals surface area contributed by atoms with Crippen LogP contribution in [0, 0.1) is 5.92 Å². The second-order valence-corrected chi connectivity index (χ2v) is 5.77. The van der Waals surface area contributed by atoms with E-state index in [0.717, 1.165) is 25.9 Å². The van der Waals surface area contributed by atoms with Crippen molar-refractivity contribution in [3.05, 3.63) is 22.6 Å². The Morgan fingerprint density at radius 3 is 2.94 bits per heavy atom. The van der Waals surface area contributed by atoms with Crippen LogP contribution in [0.15, 0.2) is 21.2 Å². The number of carbonyl (C=O) groups is 1. The molecule has 0 radical (unpaired) electrons. The van der Waals surface area contributed by atoms with Gasteiger partial charge in [0.15, 0.2) is 10.4 Å². The molecular weight excluding hydrogens is 300 g/mol.